The number of fused-ring (bicyclic) bond motifs is 1. The molecule has 0 unspecified atom stereocenters. The summed E-state index contributed by atoms with van der Waals surface area (Å²) in [6.07, 6.45) is 8.15. The molecule has 27 heavy (non-hydrogen) atoms. The fraction of sp³-hybridized carbons (Fsp3) is 0.350. The number of nitrogens with zero attached hydrogens (tertiary/aromatic N) is 3. The Balaban J connectivity index is 1.49. The highest BCUT2D eigenvalue weighted by Crippen LogP contribution is 2.27. The van der Waals surface area contributed by atoms with Crippen LogP contribution >= 0.6 is 11.8 Å². The topological polar surface area (TPSA) is 68.5 Å². The van der Waals surface area contributed by atoms with Crippen LogP contribution < -0.4 is 10.1 Å². The lowest BCUT2D eigenvalue weighted by atomic mass is 10.1. The standard InChI is InChI=1S/C20H22N4O2S/c1-26-16-8-6-14(7-9-16)17-12-18-20(21-10-11-24(18)23-17)27-13-19(25)22-15-4-2-3-5-15/h6-12,15H,2-5,13H2,1H3,(H,22,25). The zero-order valence-electron chi connectivity index (χ0n) is 15.2. The first-order valence-corrected chi connectivity index (χ1v) is 10.1. The fourth-order valence-electron chi connectivity index (χ4n) is 3.39. The van der Waals surface area contributed by atoms with Crippen LogP contribution in [0.3, 0.4) is 0 Å². The van der Waals surface area contributed by atoms with Crippen molar-refractivity contribution in [3.05, 3.63) is 42.7 Å². The first-order chi connectivity index (χ1) is 13.2. The number of hydrogen-bond donors (Lipinski definition) is 1. The number of benzene rings is 1. The third-order valence-corrected chi connectivity index (χ3v) is 5.80. The monoisotopic (exact) mass is 382 g/mol. The Hall–Kier alpha value is -2.54. The van der Waals surface area contributed by atoms with Gasteiger partial charge in [0.25, 0.3) is 0 Å². The van der Waals surface area contributed by atoms with Gasteiger partial charge in [-0.25, -0.2) is 9.50 Å². The summed E-state index contributed by atoms with van der Waals surface area (Å²) < 4.78 is 7.02. The SMILES string of the molecule is COc1ccc(-c2cc3c(SCC(=O)NC4CCCC4)nccn3n2)cc1. The van der Waals surface area contributed by atoms with Gasteiger partial charge in [-0.3, -0.25) is 4.79 Å². The van der Waals surface area contributed by atoms with Crippen molar-refractivity contribution in [2.24, 2.45) is 0 Å². The van der Waals surface area contributed by atoms with Crippen LogP contribution in [0.4, 0.5) is 0 Å². The maximum absolute atomic E-state index is 12.2. The second-order valence-corrected chi connectivity index (χ2v) is 7.62. The number of carbonyl (C=O) groups excluding carboxylic acids is 1. The van der Waals surface area contributed by atoms with Crippen LogP contribution in [0.5, 0.6) is 5.75 Å². The van der Waals surface area contributed by atoms with Gasteiger partial charge in [0.05, 0.1) is 24.1 Å². The van der Waals surface area contributed by atoms with Gasteiger partial charge in [0.2, 0.25) is 5.91 Å². The second-order valence-electron chi connectivity index (χ2n) is 6.66. The number of thioether (sulfide) groups is 1. The maximum atomic E-state index is 12.2. The van der Waals surface area contributed by atoms with Crippen molar-refractivity contribution < 1.29 is 9.53 Å². The number of nitrogens with one attached hydrogen (secondary N) is 1. The Morgan fingerprint density at radius 2 is 2.07 bits per heavy atom. The van der Waals surface area contributed by atoms with Gasteiger partial charge < -0.3 is 10.1 Å². The molecule has 0 bridgehead atoms. The molecular weight excluding hydrogens is 360 g/mol. The van der Waals surface area contributed by atoms with Crippen molar-refractivity contribution >= 4 is 23.2 Å². The molecule has 3 aromatic rings. The first kappa shape index (κ1) is 17.9. The Morgan fingerprint density at radius 3 is 2.81 bits per heavy atom. The summed E-state index contributed by atoms with van der Waals surface area (Å²) in [5.41, 5.74) is 2.78. The van der Waals surface area contributed by atoms with E-state index in [0.29, 0.717) is 11.8 Å². The average Bonchev–Trinajstić information content (AvgIpc) is 3.36. The van der Waals surface area contributed by atoms with Crippen LogP contribution in [0.2, 0.25) is 0 Å². The third kappa shape index (κ3) is 4.08. The summed E-state index contributed by atoms with van der Waals surface area (Å²) in [4.78, 5) is 16.6. The molecule has 1 aliphatic rings. The zero-order chi connectivity index (χ0) is 18.6. The van der Waals surface area contributed by atoms with Crippen LogP contribution in [0, 0.1) is 0 Å². The number of ether oxygens (including phenoxy) is 1. The molecule has 0 saturated heterocycles. The number of aromatic nitrogens is 3. The molecule has 0 spiro atoms. The van der Waals surface area contributed by atoms with E-state index < -0.39 is 0 Å². The summed E-state index contributed by atoms with van der Waals surface area (Å²) in [6, 6.07) is 10.2. The number of rotatable bonds is 6. The quantitative estimate of drug-likeness (QED) is 0.660. The van der Waals surface area contributed by atoms with Gasteiger partial charge in [-0.05, 0) is 43.2 Å². The summed E-state index contributed by atoms with van der Waals surface area (Å²) >= 11 is 1.45. The molecule has 6 nitrogen and oxygen atoms in total. The maximum Gasteiger partial charge on any atom is 0.230 e. The molecule has 0 aliphatic heterocycles. The summed E-state index contributed by atoms with van der Waals surface area (Å²) in [6.45, 7) is 0. The van der Waals surface area contributed by atoms with Gasteiger partial charge in [0.1, 0.15) is 10.8 Å². The van der Waals surface area contributed by atoms with Crippen molar-refractivity contribution in [2.75, 3.05) is 12.9 Å². The van der Waals surface area contributed by atoms with Crippen molar-refractivity contribution in [3.63, 3.8) is 0 Å². The third-order valence-electron chi connectivity index (χ3n) is 4.80. The molecule has 2 aromatic heterocycles. The van der Waals surface area contributed by atoms with Crippen LogP contribution in [0.25, 0.3) is 16.8 Å². The number of hydrogen-bond acceptors (Lipinski definition) is 5. The summed E-state index contributed by atoms with van der Waals surface area (Å²) in [7, 11) is 1.65. The molecule has 1 N–H and O–H groups in total. The van der Waals surface area contributed by atoms with Crippen molar-refractivity contribution in [1.82, 2.24) is 19.9 Å². The number of amides is 1. The lowest BCUT2D eigenvalue weighted by Gasteiger charge is -2.11. The molecule has 1 aromatic carbocycles. The predicted octanol–water partition coefficient (Wildman–Crippen LogP) is 3.56. The van der Waals surface area contributed by atoms with E-state index in [1.807, 2.05) is 41.0 Å². The molecule has 4 rings (SSSR count). The van der Waals surface area contributed by atoms with Crippen molar-refractivity contribution in [3.8, 4) is 17.0 Å². The van der Waals surface area contributed by atoms with Gasteiger partial charge in [-0.1, -0.05) is 24.6 Å². The van der Waals surface area contributed by atoms with E-state index in [4.69, 9.17) is 4.74 Å². The van der Waals surface area contributed by atoms with Gasteiger partial charge in [-0.2, -0.15) is 5.10 Å². The van der Waals surface area contributed by atoms with E-state index in [0.717, 1.165) is 40.4 Å². The molecular formula is C20H22N4O2S. The molecule has 0 radical (unpaired) electrons. The minimum atomic E-state index is 0.0746. The van der Waals surface area contributed by atoms with E-state index in [-0.39, 0.29) is 5.91 Å². The van der Waals surface area contributed by atoms with Gasteiger partial charge >= 0.3 is 0 Å². The minimum absolute atomic E-state index is 0.0746. The molecule has 140 valence electrons. The highest BCUT2D eigenvalue weighted by molar-refractivity contribution is 8.00. The van der Waals surface area contributed by atoms with E-state index in [2.05, 4.69) is 15.4 Å². The van der Waals surface area contributed by atoms with Gasteiger partial charge in [0.15, 0.2) is 0 Å². The lowest BCUT2D eigenvalue weighted by molar-refractivity contribution is -0.119. The lowest BCUT2D eigenvalue weighted by Crippen LogP contribution is -2.33. The average molecular weight is 382 g/mol. The molecule has 1 amide bonds. The van der Waals surface area contributed by atoms with E-state index >= 15 is 0 Å². The Bertz CT molecular complexity index is 933. The number of methoxy groups -OCH3 is 1. The fourth-order valence-corrected chi connectivity index (χ4v) is 4.17. The summed E-state index contributed by atoms with van der Waals surface area (Å²) in [5.74, 6) is 1.26. The van der Waals surface area contributed by atoms with Crippen LogP contribution in [0.15, 0.2) is 47.8 Å². The van der Waals surface area contributed by atoms with Crippen molar-refractivity contribution in [1.29, 1.82) is 0 Å². The smallest absolute Gasteiger partial charge is 0.230 e. The Labute approximate surface area is 162 Å². The summed E-state index contributed by atoms with van der Waals surface area (Å²) in [5, 5.41) is 8.56. The largest absolute Gasteiger partial charge is 0.497 e. The first-order valence-electron chi connectivity index (χ1n) is 9.14. The van der Waals surface area contributed by atoms with E-state index in [1.165, 1.54) is 24.6 Å². The van der Waals surface area contributed by atoms with Gasteiger partial charge in [-0.15, -0.1) is 0 Å². The van der Waals surface area contributed by atoms with Gasteiger partial charge in [0, 0.05) is 24.0 Å². The molecule has 1 fully saturated rings. The number of carbonyl (C=O) groups is 1. The van der Waals surface area contributed by atoms with Crippen LogP contribution in [-0.4, -0.2) is 39.4 Å². The molecule has 1 saturated carbocycles. The highest BCUT2D eigenvalue weighted by Gasteiger charge is 2.18. The molecule has 1 aliphatic carbocycles. The highest BCUT2D eigenvalue weighted by atomic mass is 32.2. The normalized spacial score (nSPS) is 14.6. The molecule has 2 heterocycles. The minimum Gasteiger partial charge on any atom is -0.497 e. The Kier molecular flexibility index (Phi) is 5.29. The van der Waals surface area contributed by atoms with Crippen LogP contribution in [0.1, 0.15) is 25.7 Å². The van der Waals surface area contributed by atoms with Crippen molar-refractivity contribution in [2.45, 2.75) is 36.8 Å². The van der Waals surface area contributed by atoms with E-state index in [1.54, 1.807) is 13.3 Å². The molecule has 7 heteroatoms. The zero-order valence-corrected chi connectivity index (χ0v) is 16.0. The second kappa shape index (κ2) is 8.00. The van der Waals surface area contributed by atoms with Crippen LogP contribution in [-0.2, 0) is 4.79 Å². The Morgan fingerprint density at radius 1 is 1.30 bits per heavy atom. The van der Waals surface area contributed by atoms with E-state index in [9.17, 15) is 4.79 Å². The predicted molar refractivity (Wildman–Crippen MR) is 106 cm³/mol. The molecule has 0 atom stereocenters.